The lowest BCUT2D eigenvalue weighted by Gasteiger charge is -2.14. The largest absolute Gasteiger partial charge is 0.375 e. The number of aliphatic imine (C=N–C) groups is 1. The van der Waals surface area contributed by atoms with E-state index < -0.39 is 0 Å². The van der Waals surface area contributed by atoms with Gasteiger partial charge in [0, 0.05) is 39.8 Å². The van der Waals surface area contributed by atoms with E-state index in [-0.39, 0.29) is 35.7 Å². The molecule has 0 atom stereocenters. The quantitative estimate of drug-likeness (QED) is 0.281. The molecule has 6 nitrogen and oxygen atoms in total. The minimum atomic E-state index is -0.253. The Balaban J connectivity index is 0.00000450. The Morgan fingerprint density at radius 3 is 2.50 bits per heavy atom. The van der Waals surface area contributed by atoms with E-state index in [0.29, 0.717) is 30.3 Å². The third-order valence-corrected chi connectivity index (χ3v) is 4.38. The summed E-state index contributed by atoms with van der Waals surface area (Å²) in [5, 5.41) is 9.11. The Hall–Kier alpha value is -2.36. The number of nitrogens with one attached hydrogen (secondary N) is 3. The van der Waals surface area contributed by atoms with Crippen LogP contribution >= 0.6 is 24.0 Å². The summed E-state index contributed by atoms with van der Waals surface area (Å²) in [4.78, 5) is 18.0. The highest BCUT2D eigenvalue weighted by Crippen LogP contribution is 2.18. The lowest BCUT2D eigenvalue weighted by Crippen LogP contribution is -2.38. The molecule has 164 valence electrons. The zero-order valence-electron chi connectivity index (χ0n) is 18.0. The molecule has 0 spiro atoms. The van der Waals surface area contributed by atoms with Crippen molar-refractivity contribution in [3.05, 3.63) is 65.0 Å². The monoisotopic (exact) mass is 527 g/mol. The highest BCUT2D eigenvalue weighted by Gasteiger charge is 2.06. The highest BCUT2D eigenvalue weighted by atomic mass is 127. The third kappa shape index (κ3) is 7.81. The van der Waals surface area contributed by atoms with Crippen molar-refractivity contribution >= 4 is 41.5 Å². The molecule has 2 aromatic carbocycles. The number of anilines is 1. The maximum Gasteiger partial charge on any atom is 0.251 e. The number of carbonyl (C=O) groups is 1. The molecule has 0 heterocycles. The molecule has 8 heteroatoms. The average molecular weight is 527 g/mol. The van der Waals surface area contributed by atoms with Crippen molar-refractivity contribution < 1.29 is 9.18 Å². The van der Waals surface area contributed by atoms with Gasteiger partial charge in [0.1, 0.15) is 5.82 Å². The van der Waals surface area contributed by atoms with Gasteiger partial charge in [0.15, 0.2) is 5.96 Å². The molecule has 0 radical (unpaired) electrons. The molecule has 30 heavy (non-hydrogen) atoms. The predicted molar refractivity (Wildman–Crippen MR) is 132 cm³/mol. The number of hydrogen-bond acceptors (Lipinski definition) is 3. The summed E-state index contributed by atoms with van der Waals surface area (Å²) in [7, 11) is 5.25. The van der Waals surface area contributed by atoms with Crippen LogP contribution in [0.4, 0.5) is 10.1 Å². The molecule has 3 N–H and O–H groups in total. The first-order valence-electron chi connectivity index (χ1n) is 9.73. The molecular formula is C22H31FIN5O. The summed E-state index contributed by atoms with van der Waals surface area (Å²) in [5.41, 5.74) is 3.08. The fraction of sp³-hybridized carbons (Fsp3) is 0.364. The smallest absolute Gasteiger partial charge is 0.251 e. The SMILES string of the molecule is CCNC(=NCc1ccc(N(C)C)c(F)c1)NCCc1cccc(C(=O)NC)c1.I. The van der Waals surface area contributed by atoms with Gasteiger partial charge < -0.3 is 20.9 Å². The van der Waals surface area contributed by atoms with Gasteiger partial charge in [-0.25, -0.2) is 9.38 Å². The van der Waals surface area contributed by atoms with Crippen molar-refractivity contribution in [1.82, 2.24) is 16.0 Å². The van der Waals surface area contributed by atoms with E-state index in [1.807, 2.05) is 45.3 Å². The molecule has 2 aromatic rings. The van der Waals surface area contributed by atoms with Crippen molar-refractivity contribution in [3.63, 3.8) is 0 Å². The van der Waals surface area contributed by atoms with E-state index in [2.05, 4.69) is 20.9 Å². The first-order chi connectivity index (χ1) is 13.9. The number of amides is 1. The lowest BCUT2D eigenvalue weighted by molar-refractivity contribution is 0.0963. The van der Waals surface area contributed by atoms with Gasteiger partial charge in [0.05, 0.1) is 12.2 Å². The van der Waals surface area contributed by atoms with Crippen LogP contribution in [0.3, 0.4) is 0 Å². The van der Waals surface area contributed by atoms with Crippen molar-refractivity contribution in [2.45, 2.75) is 19.9 Å². The van der Waals surface area contributed by atoms with Crippen molar-refractivity contribution in [1.29, 1.82) is 0 Å². The first-order valence-corrected chi connectivity index (χ1v) is 9.73. The highest BCUT2D eigenvalue weighted by molar-refractivity contribution is 14.0. The van der Waals surface area contributed by atoms with E-state index in [1.165, 1.54) is 6.07 Å². The van der Waals surface area contributed by atoms with Crippen LogP contribution < -0.4 is 20.9 Å². The number of benzene rings is 2. The van der Waals surface area contributed by atoms with Crippen LogP contribution in [0.15, 0.2) is 47.5 Å². The van der Waals surface area contributed by atoms with Crippen LogP contribution in [0.5, 0.6) is 0 Å². The fourth-order valence-corrected chi connectivity index (χ4v) is 2.86. The minimum absolute atomic E-state index is 0. The summed E-state index contributed by atoms with van der Waals surface area (Å²) in [6.45, 7) is 3.77. The second-order valence-corrected chi connectivity index (χ2v) is 6.83. The number of hydrogen-bond donors (Lipinski definition) is 3. The van der Waals surface area contributed by atoms with E-state index in [0.717, 1.165) is 24.1 Å². The molecule has 2 rings (SSSR count). The fourth-order valence-electron chi connectivity index (χ4n) is 2.86. The number of rotatable bonds is 8. The molecule has 0 aliphatic rings. The van der Waals surface area contributed by atoms with Gasteiger partial charge in [0.25, 0.3) is 5.91 Å². The van der Waals surface area contributed by atoms with Gasteiger partial charge in [-0.1, -0.05) is 18.2 Å². The average Bonchev–Trinajstić information content (AvgIpc) is 2.71. The van der Waals surface area contributed by atoms with Gasteiger partial charge in [-0.3, -0.25) is 4.79 Å². The van der Waals surface area contributed by atoms with Crippen molar-refractivity contribution in [2.24, 2.45) is 4.99 Å². The zero-order valence-corrected chi connectivity index (χ0v) is 20.3. The van der Waals surface area contributed by atoms with E-state index in [4.69, 9.17) is 0 Å². The molecule has 0 unspecified atom stereocenters. The Morgan fingerprint density at radius 2 is 1.87 bits per heavy atom. The Kier molecular flexibility index (Phi) is 11.2. The molecule has 0 bridgehead atoms. The van der Waals surface area contributed by atoms with Crippen molar-refractivity contribution in [3.8, 4) is 0 Å². The van der Waals surface area contributed by atoms with Gasteiger partial charge in [-0.05, 0) is 48.7 Å². The molecule has 1 amide bonds. The maximum absolute atomic E-state index is 14.1. The van der Waals surface area contributed by atoms with Crippen LogP contribution in [0.2, 0.25) is 0 Å². The number of halogens is 2. The van der Waals surface area contributed by atoms with Crippen LogP contribution in [-0.2, 0) is 13.0 Å². The summed E-state index contributed by atoms with van der Waals surface area (Å²) >= 11 is 0. The molecule has 0 saturated heterocycles. The van der Waals surface area contributed by atoms with E-state index in [9.17, 15) is 9.18 Å². The zero-order chi connectivity index (χ0) is 21.2. The van der Waals surface area contributed by atoms with Gasteiger partial charge in [-0.15, -0.1) is 24.0 Å². The van der Waals surface area contributed by atoms with Gasteiger partial charge in [0.2, 0.25) is 0 Å². The number of guanidine groups is 1. The molecule has 0 aliphatic heterocycles. The predicted octanol–water partition coefficient (Wildman–Crippen LogP) is 3.17. The number of nitrogens with zero attached hydrogens (tertiary/aromatic N) is 2. The van der Waals surface area contributed by atoms with E-state index in [1.54, 1.807) is 24.1 Å². The van der Waals surface area contributed by atoms with Gasteiger partial charge in [-0.2, -0.15) is 0 Å². The third-order valence-electron chi connectivity index (χ3n) is 4.38. The normalized spacial score (nSPS) is 10.8. The Bertz CT molecular complexity index is 857. The molecular weight excluding hydrogens is 496 g/mol. The van der Waals surface area contributed by atoms with E-state index >= 15 is 0 Å². The second-order valence-electron chi connectivity index (χ2n) is 6.83. The van der Waals surface area contributed by atoms with Gasteiger partial charge >= 0.3 is 0 Å². The minimum Gasteiger partial charge on any atom is -0.375 e. The number of carbonyl (C=O) groups excluding carboxylic acids is 1. The molecule has 0 aromatic heterocycles. The molecule has 0 aliphatic carbocycles. The molecule has 0 saturated carbocycles. The Morgan fingerprint density at radius 1 is 1.10 bits per heavy atom. The summed E-state index contributed by atoms with van der Waals surface area (Å²) < 4.78 is 14.1. The van der Waals surface area contributed by atoms with Crippen LogP contribution in [-0.4, -0.2) is 46.1 Å². The van der Waals surface area contributed by atoms with Crippen LogP contribution in [0.25, 0.3) is 0 Å². The van der Waals surface area contributed by atoms with Crippen LogP contribution in [0, 0.1) is 5.82 Å². The summed E-state index contributed by atoms with van der Waals surface area (Å²) in [5.74, 6) is 0.325. The van der Waals surface area contributed by atoms with Crippen molar-refractivity contribution in [2.75, 3.05) is 39.1 Å². The standard InChI is InChI=1S/C22H30FN5O.HI/c1-5-25-22(27-15-17-9-10-20(28(3)4)19(23)14-17)26-12-11-16-7-6-8-18(13-16)21(29)24-2;/h6-10,13-14H,5,11-12,15H2,1-4H3,(H,24,29)(H2,25,26,27);1H. The topological polar surface area (TPSA) is 68.8 Å². The Labute approximate surface area is 195 Å². The summed E-state index contributed by atoms with van der Waals surface area (Å²) in [6, 6.07) is 12.7. The summed E-state index contributed by atoms with van der Waals surface area (Å²) in [6.07, 6.45) is 0.751. The van der Waals surface area contributed by atoms with Crippen LogP contribution in [0.1, 0.15) is 28.4 Å². The lowest BCUT2D eigenvalue weighted by atomic mass is 10.1. The first kappa shape index (κ1) is 25.7. The molecule has 0 fully saturated rings. The maximum atomic E-state index is 14.1. The second kappa shape index (κ2) is 13.0.